The molecule has 2 aliphatic heterocycles. The van der Waals surface area contributed by atoms with Crippen LogP contribution >= 0.6 is 23.4 Å². The van der Waals surface area contributed by atoms with E-state index in [1.54, 1.807) is 0 Å². The number of carbonyl (C=O) groups excluding carboxylic acids is 1. The lowest BCUT2D eigenvalue weighted by atomic mass is 10.0. The second-order valence-electron chi connectivity index (χ2n) is 4.65. The summed E-state index contributed by atoms with van der Waals surface area (Å²) in [6.45, 7) is 3.80. The summed E-state index contributed by atoms with van der Waals surface area (Å²) in [5.74, 6) is 1.47. The van der Waals surface area contributed by atoms with Gasteiger partial charge in [-0.1, -0.05) is 0 Å². The highest BCUT2D eigenvalue weighted by Crippen LogP contribution is 2.39. The number of likely N-dealkylation sites (tertiary alicyclic amines) is 1. The van der Waals surface area contributed by atoms with Crippen molar-refractivity contribution in [2.45, 2.75) is 42.7 Å². The Kier molecular flexibility index (Phi) is 3.51. The Hall–Kier alpha value is 0.110. The highest BCUT2D eigenvalue weighted by molar-refractivity contribution is 8.01. The highest BCUT2D eigenvalue weighted by Gasteiger charge is 2.40. The van der Waals surface area contributed by atoms with E-state index in [9.17, 15) is 4.79 Å². The molecule has 2 fully saturated rings. The lowest BCUT2D eigenvalue weighted by molar-refractivity contribution is -0.134. The number of hydrogen-bond acceptors (Lipinski definition) is 2. The summed E-state index contributed by atoms with van der Waals surface area (Å²) < 4.78 is -0.140. The number of amides is 1. The average Bonchev–Trinajstić information content (AvgIpc) is 2.67. The van der Waals surface area contributed by atoms with Crippen molar-refractivity contribution in [1.29, 1.82) is 0 Å². The molecule has 0 radical (unpaired) electrons. The van der Waals surface area contributed by atoms with Gasteiger partial charge in [-0.25, -0.2) is 0 Å². The first-order valence-corrected chi connectivity index (χ1v) is 7.11. The Morgan fingerprint density at radius 2 is 2.13 bits per heavy atom. The summed E-state index contributed by atoms with van der Waals surface area (Å²) in [4.78, 5) is 14.3. The quantitative estimate of drug-likeness (QED) is 0.664. The zero-order chi connectivity index (χ0) is 10.9. The number of piperidine rings is 1. The summed E-state index contributed by atoms with van der Waals surface area (Å²) in [7, 11) is 0. The van der Waals surface area contributed by atoms with E-state index in [0.717, 1.165) is 38.1 Å². The lowest BCUT2D eigenvalue weighted by Gasteiger charge is -2.35. The molecule has 0 N–H and O–H groups in total. The predicted octanol–water partition coefficient (Wildman–Crippen LogP) is 2.50. The number of thioether (sulfide) groups is 1. The minimum absolute atomic E-state index is 0.140. The fourth-order valence-corrected chi connectivity index (χ4v) is 3.81. The van der Waals surface area contributed by atoms with Gasteiger partial charge in [0.1, 0.15) is 0 Å². The molecule has 1 amide bonds. The Morgan fingerprint density at radius 3 is 2.67 bits per heavy atom. The van der Waals surface area contributed by atoms with Crippen LogP contribution in [0.15, 0.2) is 0 Å². The normalized spacial score (nSPS) is 33.3. The van der Waals surface area contributed by atoms with Gasteiger partial charge in [0.2, 0.25) is 5.91 Å². The van der Waals surface area contributed by atoms with Gasteiger partial charge in [-0.2, -0.15) is 0 Å². The maximum atomic E-state index is 12.3. The monoisotopic (exact) mass is 247 g/mol. The number of rotatable bonds is 1. The first-order valence-electron chi connectivity index (χ1n) is 5.69. The molecule has 4 heteroatoms. The van der Waals surface area contributed by atoms with Crippen LogP contribution in [0, 0.1) is 0 Å². The first-order chi connectivity index (χ1) is 7.12. The zero-order valence-electron chi connectivity index (χ0n) is 9.17. The van der Waals surface area contributed by atoms with Crippen molar-refractivity contribution >= 4 is 29.3 Å². The molecule has 1 atom stereocenters. The Balaban J connectivity index is 1.95. The van der Waals surface area contributed by atoms with Crippen LogP contribution in [0.4, 0.5) is 0 Å². The largest absolute Gasteiger partial charge is 0.341 e. The number of carbonyl (C=O) groups is 1. The van der Waals surface area contributed by atoms with Crippen LogP contribution in [0.3, 0.4) is 0 Å². The Bertz CT molecular complexity index is 245. The van der Waals surface area contributed by atoms with E-state index in [4.69, 9.17) is 11.6 Å². The minimum Gasteiger partial charge on any atom is -0.341 e. The fourth-order valence-electron chi connectivity index (χ4n) is 2.33. The smallest absolute Gasteiger partial charge is 0.238 e. The predicted molar refractivity (Wildman–Crippen MR) is 65.6 cm³/mol. The molecular formula is C11H18ClNOS. The summed E-state index contributed by atoms with van der Waals surface area (Å²) in [5.41, 5.74) is 0. The lowest BCUT2D eigenvalue weighted by Crippen LogP contribution is -2.47. The first kappa shape index (κ1) is 11.6. The number of halogens is 1. The van der Waals surface area contributed by atoms with E-state index in [1.807, 2.05) is 16.7 Å². The van der Waals surface area contributed by atoms with E-state index in [1.165, 1.54) is 6.42 Å². The van der Waals surface area contributed by atoms with E-state index in [-0.39, 0.29) is 10.1 Å². The second-order valence-corrected chi connectivity index (χ2v) is 6.86. The molecule has 2 rings (SSSR count). The molecule has 15 heavy (non-hydrogen) atoms. The second kappa shape index (κ2) is 4.54. The number of hydrogen-bond donors (Lipinski definition) is 0. The third-order valence-corrected chi connectivity index (χ3v) is 5.33. The molecule has 2 aliphatic rings. The van der Waals surface area contributed by atoms with Crippen LogP contribution in [0.25, 0.3) is 0 Å². The standard InChI is InChI=1S/C11H18ClNOS/c1-11(5-2-8-15-11)10(14)13-6-3-9(12)4-7-13/h9H,2-8H2,1H3. The highest BCUT2D eigenvalue weighted by atomic mass is 35.5. The summed E-state index contributed by atoms with van der Waals surface area (Å²) >= 11 is 7.86. The molecule has 0 saturated carbocycles. The van der Waals surface area contributed by atoms with Gasteiger partial charge < -0.3 is 4.90 Å². The molecule has 0 aromatic carbocycles. The van der Waals surface area contributed by atoms with Gasteiger partial charge in [0.05, 0.1) is 4.75 Å². The van der Waals surface area contributed by atoms with Gasteiger partial charge in [0, 0.05) is 18.5 Å². The molecule has 0 aliphatic carbocycles. The van der Waals surface area contributed by atoms with Crippen molar-refractivity contribution in [2.75, 3.05) is 18.8 Å². The van der Waals surface area contributed by atoms with Crippen LogP contribution in [0.2, 0.25) is 0 Å². The van der Waals surface area contributed by atoms with Crippen LogP contribution in [-0.4, -0.2) is 39.8 Å². The van der Waals surface area contributed by atoms with E-state index < -0.39 is 0 Å². The molecule has 0 bridgehead atoms. The fraction of sp³-hybridized carbons (Fsp3) is 0.909. The summed E-state index contributed by atoms with van der Waals surface area (Å²) in [6.07, 6.45) is 4.12. The Morgan fingerprint density at radius 1 is 1.47 bits per heavy atom. The topological polar surface area (TPSA) is 20.3 Å². The van der Waals surface area contributed by atoms with Gasteiger partial charge >= 0.3 is 0 Å². The van der Waals surface area contributed by atoms with Crippen LogP contribution in [-0.2, 0) is 4.79 Å². The van der Waals surface area contributed by atoms with E-state index >= 15 is 0 Å². The van der Waals surface area contributed by atoms with Gasteiger partial charge in [-0.05, 0) is 38.4 Å². The maximum absolute atomic E-state index is 12.3. The summed E-state index contributed by atoms with van der Waals surface area (Å²) in [5, 5.41) is 0.276. The molecular weight excluding hydrogens is 230 g/mol. The van der Waals surface area contributed by atoms with Crippen molar-refractivity contribution in [3.05, 3.63) is 0 Å². The van der Waals surface area contributed by atoms with Crippen molar-refractivity contribution in [3.8, 4) is 0 Å². The average molecular weight is 248 g/mol. The third-order valence-electron chi connectivity index (χ3n) is 3.38. The SMILES string of the molecule is CC1(C(=O)N2CCC(Cl)CC2)CCCS1. The zero-order valence-corrected chi connectivity index (χ0v) is 10.7. The molecule has 2 saturated heterocycles. The Labute approximate surface area is 101 Å². The van der Waals surface area contributed by atoms with Gasteiger partial charge in [-0.3, -0.25) is 4.79 Å². The van der Waals surface area contributed by atoms with Gasteiger partial charge in [0.25, 0.3) is 0 Å². The number of alkyl halides is 1. The molecule has 1 unspecified atom stereocenters. The summed E-state index contributed by atoms with van der Waals surface area (Å²) in [6, 6.07) is 0. The van der Waals surface area contributed by atoms with Crippen LogP contribution in [0.5, 0.6) is 0 Å². The van der Waals surface area contributed by atoms with Crippen LogP contribution < -0.4 is 0 Å². The maximum Gasteiger partial charge on any atom is 0.238 e. The van der Waals surface area contributed by atoms with E-state index in [0.29, 0.717) is 5.91 Å². The molecule has 0 aromatic heterocycles. The van der Waals surface area contributed by atoms with Crippen molar-refractivity contribution in [3.63, 3.8) is 0 Å². The number of nitrogens with zero attached hydrogens (tertiary/aromatic N) is 1. The van der Waals surface area contributed by atoms with Crippen molar-refractivity contribution in [2.24, 2.45) is 0 Å². The van der Waals surface area contributed by atoms with Gasteiger partial charge in [0.15, 0.2) is 0 Å². The minimum atomic E-state index is -0.140. The molecule has 2 heterocycles. The molecule has 86 valence electrons. The van der Waals surface area contributed by atoms with Crippen molar-refractivity contribution < 1.29 is 4.79 Å². The van der Waals surface area contributed by atoms with Crippen LogP contribution in [0.1, 0.15) is 32.6 Å². The molecule has 2 nitrogen and oxygen atoms in total. The molecule has 0 aromatic rings. The van der Waals surface area contributed by atoms with Crippen molar-refractivity contribution in [1.82, 2.24) is 4.90 Å². The van der Waals surface area contributed by atoms with Gasteiger partial charge in [-0.15, -0.1) is 23.4 Å². The molecule has 0 spiro atoms. The van der Waals surface area contributed by atoms with E-state index in [2.05, 4.69) is 6.92 Å². The third kappa shape index (κ3) is 2.44.